The van der Waals surface area contributed by atoms with Crippen LogP contribution in [0.5, 0.6) is 5.75 Å². The highest BCUT2D eigenvalue weighted by atomic mass is 35.5. The van der Waals surface area contributed by atoms with Gasteiger partial charge in [0.15, 0.2) is 0 Å². The molecule has 0 radical (unpaired) electrons. The Morgan fingerprint density at radius 1 is 1.35 bits per heavy atom. The van der Waals surface area contributed by atoms with Crippen molar-refractivity contribution in [2.45, 2.75) is 20.1 Å². The molecule has 0 unspecified atom stereocenters. The molecule has 0 fully saturated rings. The van der Waals surface area contributed by atoms with Crippen LogP contribution in [0.15, 0.2) is 30.6 Å². The van der Waals surface area contributed by atoms with Crippen LogP contribution in [0, 0.1) is 0 Å². The molecule has 1 heterocycles. The summed E-state index contributed by atoms with van der Waals surface area (Å²) >= 11 is 11.9. The van der Waals surface area contributed by atoms with Gasteiger partial charge in [-0.2, -0.15) is 0 Å². The summed E-state index contributed by atoms with van der Waals surface area (Å²) in [7, 11) is 0. The summed E-state index contributed by atoms with van der Waals surface area (Å²) in [5.74, 6) is 1.44. The first-order valence-corrected chi connectivity index (χ1v) is 6.04. The molecule has 2 aromatic rings. The SMILES string of the molecule is CCn1ccnc1COc1cc(Cl)ccc1Cl. The molecule has 1 aromatic heterocycles. The minimum atomic E-state index is 0.376. The van der Waals surface area contributed by atoms with Crippen molar-refractivity contribution >= 4 is 23.2 Å². The molecule has 0 aliphatic heterocycles. The van der Waals surface area contributed by atoms with Crippen molar-refractivity contribution in [1.29, 1.82) is 0 Å². The van der Waals surface area contributed by atoms with Crippen LogP contribution in [0.2, 0.25) is 10.0 Å². The number of aryl methyl sites for hydroxylation is 1. The van der Waals surface area contributed by atoms with E-state index in [4.69, 9.17) is 27.9 Å². The molecule has 0 spiro atoms. The predicted molar refractivity (Wildman–Crippen MR) is 68.7 cm³/mol. The summed E-state index contributed by atoms with van der Waals surface area (Å²) in [6.45, 7) is 3.29. The Bertz CT molecular complexity index is 511. The number of halogens is 2. The van der Waals surface area contributed by atoms with E-state index in [1.54, 1.807) is 24.4 Å². The predicted octanol–water partition coefficient (Wildman–Crippen LogP) is 3.79. The van der Waals surface area contributed by atoms with E-state index in [2.05, 4.69) is 11.9 Å². The molecule has 1 aromatic carbocycles. The monoisotopic (exact) mass is 270 g/mol. The Morgan fingerprint density at radius 2 is 2.18 bits per heavy atom. The van der Waals surface area contributed by atoms with Gasteiger partial charge in [0.25, 0.3) is 0 Å². The van der Waals surface area contributed by atoms with Crippen molar-refractivity contribution in [1.82, 2.24) is 9.55 Å². The van der Waals surface area contributed by atoms with E-state index in [0.29, 0.717) is 22.4 Å². The second-order valence-corrected chi connectivity index (χ2v) is 4.34. The first-order chi connectivity index (χ1) is 8.20. The lowest BCUT2D eigenvalue weighted by Crippen LogP contribution is -2.05. The van der Waals surface area contributed by atoms with E-state index >= 15 is 0 Å². The second kappa shape index (κ2) is 5.43. The fraction of sp³-hybridized carbons (Fsp3) is 0.250. The van der Waals surface area contributed by atoms with Crippen molar-refractivity contribution in [3.63, 3.8) is 0 Å². The maximum absolute atomic E-state index is 6.00. The van der Waals surface area contributed by atoms with Crippen LogP contribution in [-0.2, 0) is 13.2 Å². The lowest BCUT2D eigenvalue weighted by Gasteiger charge is -2.09. The molecule has 3 nitrogen and oxygen atoms in total. The number of rotatable bonds is 4. The summed E-state index contributed by atoms with van der Waals surface area (Å²) < 4.78 is 7.62. The van der Waals surface area contributed by atoms with E-state index in [1.807, 2.05) is 10.8 Å². The Morgan fingerprint density at radius 3 is 2.94 bits per heavy atom. The maximum atomic E-state index is 6.00. The van der Waals surface area contributed by atoms with Crippen molar-refractivity contribution in [2.24, 2.45) is 0 Å². The van der Waals surface area contributed by atoms with Crippen LogP contribution in [0.25, 0.3) is 0 Å². The van der Waals surface area contributed by atoms with E-state index in [0.717, 1.165) is 12.4 Å². The Kier molecular flexibility index (Phi) is 3.92. The molecule has 0 aliphatic rings. The van der Waals surface area contributed by atoms with Crippen molar-refractivity contribution in [3.8, 4) is 5.75 Å². The van der Waals surface area contributed by atoms with Crippen LogP contribution in [0.3, 0.4) is 0 Å². The topological polar surface area (TPSA) is 27.1 Å². The molecule has 5 heteroatoms. The summed E-state index contributed by atoms with van der Waals surface area (Å²) in [4.78, 5) is 4.22. The zero-order valence-electron chi connectivity index (χ0n) is 9.36. The van der Waals surface area contributed by atoms with Gasteiger partial charge in [-0.05, 0) is 19.1 Å². The molecule has 0 saturated heterocycles. The molecular weight excluding hydrogens is 259 g/mol. The summed E-state index contributed by atoms with van der Waals surface area (Å²) in [6.07, 6.45) is 3.67. The maximum Gasteiger partial charge on any atom is 0.146 e. The van der Waals surface area contributed by atoms with E-state index in [9.17, 15) is 0 Å². The molecule has 2 rings (SSSR count). The van der Waals surface area contributed by atoms with Gasteiger partial charge in [0.1, 0.15) is 18.2 Å². The van der Waals surface area contributed by atoms with Gasteiger partial charge in [-0.15, -0.1) is 0 Å². The molecule has 0 saturated carbocycles. The number of nitrogens with zero attached hydrogens (tertiary/aromatic N) is 2. The van der Waals surface area contributed by atoms with Crippen molar-refractivity contribution in [3.05, 3.63) is 46.5 Å². The van der Waals surface area contributed by atoms with Crippen molar-refractivity contribution < 1.29 is 4.74 Å². The smallest absolute Gasteiger partial charge is 0.146 e. The van der Waals surface area contributed by atoms with E-state index in [-0.39, 0.29) is 0 Å². The van der Waals surface area contributed by atoms with Gasteiger partial charge in [0.05, 0.1) is 5.02 Å². The van der Waals surface area contributed by atoms with Gasteiger partial charge in [-0.3, -0.25) is 0 Å². The van der Waals surface area contributed by atoms with Gasteiger partial charge in [0.2, 0.25) is 0 Å². The van der Waals surface area contributed by atoms with Gasteiger partial charge in [0, 0.05) is 30.0 Å². The van der Waals surface area contributed by atoms with Crippen LogP contribution in [0.4, 0.5) is 0 Å². The summed E-state index contributed by atoms with van der Waals surface area (Å²) in [5, 5.41) is 1.15. The van der Waals surface area contributed by atoms with Crippen LogP contribution >= 0.6 is 23.2 Å². The molecular formula is C12H12Cl2N2O. The third-order valence-corrected chi connectivity index (χ3v) is 2.94. The molecule has 17 heavy (non-hydrogen) atoms. The molecule has 0 bridgehead atoms. The molecule has 0 amide bonds. The van der Waals surface area contributed by atoms with Crippen LogP contribution in [0.1, 0.15) is 12.7 Å². The first kappa shape index (κ1) is 12.3. The fourth-order valence-electron chi connectivity index (χ4n) is 1.50. The minimum absolute atomic E-state index is 0.376. The Balaban J connectivity index is 2.09. The summed E-state index contributed by atoms with van der Waals surface area (Å²) in [6, 6.07) is 5.14. The largest absolute Gasteiger partial charge is 0.484 e. The number of benzene rings is 1. The van der Waals surface area contributed by atoms with Gasteiger partial charge in [-0.1, -0.05) is 23.2 Å². The number of ether oxygens (including phenoxy) is 1. The summed E-state index contributed by atoms with van der Waals surface area (Å²) in [5.41, 5.74) is 0. The minimum Gasteiger partial charge on any atom is -0.484 e. The lowest BCUT2D eigenvalue weighted by atomic mass is 10.3. The highest BCUT2D eigenvalue weighted by molar-refractivity contribution is 6.34. The zero-order chi connectivity index (χ0) is 12.3. The quantitative estimate of drug-likeness (QED) is 0.845. The Hall–Kier alpha value is -1.19. The third kappa shape index (κ3) is 2.93. The number of imidazole rings is 1. The highest BCUT2D eigenvalue weighted by Gasteiger charge is 2.06. The molecule has 0 atom stereocenters. The van der Waals surface area contributed by atoms with Gasteiger partial charge in [-0.25, -0.2) is 4.98 Å². The van der Waals surface area contributed by atoms with Gasteiger partial charge < -0.3 is 9.30 Å². The average Bonchev–Trinajstić information content (AvgIpc) is 2.77. The number of hydrogen-bond acceptors (Lipinski definition) is 2. The number of aromatic nitrogens is 2. The van der Waals surface area contributed by atoms with Gasteiger partial charge >= 0.3 is 0 Å². The van der Waals surface area contributed by atoms with Crippen LogP contribution in [-0.4, -0.2) is 9.55 Å². The fourth-order valence-corrected chi connectivity index (χ4v) is 1.83. The number of hydrogen-bond donors (Lipinski definition) is 0. The lowest BCUT2D eigenvalue weighted by molar-refractivity contribution is 0.290. The first-order valence-electron chi connectivity index (χ1n) is 5.28. The van der Waals surface area contributed by atoms with E-state index in [1.165, 1.54) is 0 Å². The zero-order valence-corrected chi connectivity index (χ0v) is 10.9. The molecule has 0 N–H and O–H groups in total. The molecule has 90 valence electrons. The van der Waals surface area contributed by atoms with Crippen molar-refractivity contribution in [2.75, 3.05) is 0 Å². The normalized spacial score (nSPS) is 10.5. The van der Waals surface area contributed by atoms with E-state index < -0.39 is 0 Å². The average molecular weight is 271 g/mol. The van der Waals surface area contributed by atoms with Crippen LogP contribution < -0.4 is 4.74 Å². The second-order valence-electron chi connectivity index (χ2n) is 3.49. The highest BCUT2D eigenvalue weighted by Crippen LogP contribution is 2.28. The molecule has 0 aliphatic carbocycles. The third-order valence-electron chi connectivity index (χ3n) is 2.39. The Labute approximate surface area is 110 Å². The standard InChI is InChI=1S/C12H12Cl2N2O/c1-2-16-6-5-15-12(16)8-17-11-7-9(13)3-4-10(11)14/h3-7H,2,8H2,1H3.